The Labute approximate surface area is 120 Å². The van der Waals surface area contributed by atoms with Crippen molar-refractivity contribution in [3.63, 3.8) is 0 Å². The molecule has 0 spiro atoms. The van der Waals surface area contributed by atoms with Crippen LogP contribution in [0.1, 0.15) is 62.3 Å². The van der Waals surface area contributed by atoms with Gasteiger partial charge in [-0.3, -0.25) is 0 Å². The van der Waals surface area contributed by atoms with Gasteiger partial charge >= 0.3 is 5.97 Å². The minimum absolute atomic E-state index is 0.253. The first kappa shape index (κ1) is 14.9. The van der Waals surface area contributed by atoms with E-state index in [-0.39, 0.29) is 11.1 Å². The lowest BCUT2D eigenvalue weighted by molar-refractivity contribution is 0.0521. The molecule has 0 aromatic carbocycles. The van der Waals surface area contributed by atoms with Crippen molar-refractivity contribution < 1.29 is 9.53 Å². The zero-order valence-corrected chi connectivity index (χ0v) is 12.7. The first-order valence-corrected chi connectivity index (χ1v) is 7.46. The number of rotatable bonds is 4. The van der Waals surface area contributed by atoms with Crippen LogP contribution in [0.25, 0.3) is 0 Å². The number of hydrogen-bond donors (Lipinski definition) is 1. The number of carbonyl (C=O) groups is 1. The van der Waals surface area contributed by atoms with E-state index in [0.29, 0.717) is 12.4 Å². The highest BCUT2D eigenvalue weighted by Crippen LogP contribution is 2.38. The molecule has 0 unspecified atom stereocenters. The van der Waals surface area contributed by atoms with Crippen LogP contribution in [0.3, 0.4) is 0 Å². The van der Waals surface area contributed by atoms with Crippen LogP contribution in [0.15, 0.2) is 0 Å². The summed E-state index contributed by atoms with van der Waals surface area (Å²) in [7, 11) is 0. The Hall–Kier alpha value is -1.52. The zero-order chi connectivity index (χ0) is 14.8. The third-order valence-electron chi connectivity index (χ3n) is 4.27. The SMILES string of the molecule is CCOC(=O)c1nc(C)n(CC2(C)CCCCC2)c1N. The van der Waals surface area contributed by atoms with Crippen LogP contribution in [0.5, 0.6) is 0 Å². The van der Waals surface area contributed by atoms with Gasteiger partial charge in [0.05, 0.1) is 6.61 Å². The van der Waals surface area contributed by atoms with E-state index in [4.69, 9.17) is 10.5 Å². The van der Waals surface area contributed by atoms with Crippen molar-refractivity contribution in [2.24, 2.45) is 5.41 Å². The summed E-state index contributed by atoms with van der Waals surface area (Å²) in [5.74, 6) is 0.797. The quantitative estimate of drug-likeness (QED) is 0.860. The summed E-state index contributed by atoms with van der Waals surface area (Å²) >= 11 is 0. The zero-order valence-electron chi connectivity index (χ0n) is 12.7. The number of carbonyl (C=O) groups excluding carboxylic acids is 1. The fourth-order valence-corrected chi connectivity index (χ4v) is 3.08. The molecule has 1 aliphatic rings. The predicted octanol–water partition coefficient (Wildman–Crippen LogP) is 2.92. The Morgan fingerprint density at radius 1 is 1.40 bits per heavy atom. The van der Waals surface area contributed by atoms with Crippen molar-refractivity contribution in [3.05, 3.63) is 11.5 Å². The number of anilines is 1. The maximum Gasteiger partial charge on any atom is 0.360 e. The molecule has 1 aromatic rings. The van der Waals surface area contributed by atoms with Crippen LogP contribution in [0.2, 0.25) is 0 Å². The molecule has 5 nitrogen and oxygen atoms in total. The van der Waals surface area contributed by atoms with Gasteiger partial charge in [0.1, 0.15) is 11.6 Å². The molecule has 1 fully saturated rings. The van der Waals surface area contributed by atoms with E-state index >= 15 is 0 Å². The molecule has 2 rings (SSSR count). The molecule has 0 amide bonds. The van der Waals surface area contributed by atoms with Crippen LogP contribution in [0.4, 0.5) is 5.82 Å². The van der Waals surface area contributed by atoms with Gasteiger partial charge in [-0.1, -0.05) is 26.2 Å². The summed E-state index contributed by atoms with van der Waals surface area (Å²) in [5, 5.41) is 0. The minimum atomic E-state index is -0.430. The predicted molar refractivity (Wildman–Crippen MR) is 78.5 cm³/mol. The first-order chi connectivity index (χ1) is 9.47. The Bertz CT molecular complexity index is 488. The summed E-state index contributed by atoms with van der Waals surface area (Å²) < 4.78 is 6.97. The second-order valence-corrected chi connectivity index (χ2v) is 6.07. The van der Waals surface area contributed by atoms with Crippen molar-refractivity contribution in [2.75, 3.05) is 12.3 Å². The van der Waals surface area contributed by atoms with Gasteiger partial charge in [0.2, 0.25) is 0 Å². The van der Waals surface area contributed by atoms with Crippen molar-refractivity contribution in [1.82, 2.24) is 9.55 Å². The standard InChI is InChI=1S/C15H25N3O2/c1-4-20-14(19)12-13(16)18(11(2)17-12)10-15(3)8-6-5-7-9-15/h4-10,16H2,1-3H3. The molecule has 1 heterocycles. The van der Waals surface area contributed by atoms with Crippen LogP contribution in [-0.2, 0) is 11.3 Å². The van der Waals surface area contributed by atoms with E-state index in [1.54, 1.807) is 6.92 Å². The average molecular weight is 279 g/mol. The van der Waals surface area contributed by atoms with E-state index < -0.39 is 5.97 Å². The molecule has 1 aromatic heterocycles. The molecule has 0 aliphatic heterocycles. The van der Waals surface area contributed by atoms with E-state index in [9.17, 15) is 4.79 Å². The van der Waals surface area contributed by atoms with Gasteiger partial charge in [0.25, 0.3) is 0 Å². The summed E-state index contributed by atoms with van der Waals surface area (Å²) in [4.78, 5) is 16.1. The van der Waals surface area contributed by atoms with Gasteiger partial charge in [-0.05, 0) is 32.1 Å². The molecular formula is C15H25N3O2. The van der Waals surface area contributed by atoms with Gasteiger partial charge in [-0.15, -0.1) is 0 Å². The topological polar surface area (TPSA) is 70.1 Å². The van der Waals surface area contributed by atoms with Crippen molar-refractivity contribution in [1.29, 1.82) is 0 Å². The molecular weight excluding hydrogens is 254 g/mol. The van der Waals surface area contributed by atoms with Gasteiger partial charge in [0, 0.05) is 6.54 Å². The monoisotopic (exact) mass is 279 g/mol. The molecule has 0 radical (unpaired) electrons. The van der Waals surface area contributed by atoms with Crippen LogP contribution < -0.4 is 5.73 Å². The van der Waals surface area contributed by atoms with Gasteiger partial charge in [-0.25, -0.2) is 9.78 Å². The number of nitrogen functional groups attached to an aromatic ring is 1. The lowest BCUT2D eigenvalue weighted by atomic mass is 9.75. The number of nitrogens with zero attached hydrogens (tertiary/aromatic N) is 2. The summed E-state index contributed by atoms with van der Waals surface area (Å²) in [6.07, 6.45) is 6.28. The highest BCUT2D eigenvalue weighted by Gasteiger charge is 2.30. The number of aryl methyl sites for hydroxylation is 1. The van der Waals surface area contributed by atoms with Crippen LogP contribution in [0, 0.1) is 12.3 Å². The minimum Gasteiger partial charge on any atom is -0.461 e. The van der Waals surface area contributed by atoms with E-state index in [0.717, 1.165) is 12.4 Å². The number of esters is 1. The molecule has 112 valence electrons. The van der Waals surface area contributed by atoms with E-state index in [1.165, 1.54) is 32.1 Å². The molecule has 0 bridgehead atoms. The number of imidazole rings is 1. The molecule has 2 N–H and O–H groups in total. The molecule has 1 saturated carbocycles. The lowest BCUT2D eigenvalue weighted by Crippen LogP contribution is -2.27. The number of hydrogen-bond acceptors (Lipinski definition) is 4. The Morgan fingerprint density at radius 3 is 2.65 bits per heavy atom. The largest absolute Gasteiger partial charge is 0.461 e. The Morgan fingerprint density at radius 2 is 2.05 bits per heavy atom. The number of ether oxygens (including phenoxy) is 1. The van der Waals surface area contributed by atoms with Crippen molar-refractivity contribution >= 4 is 11.8 Å². The highest BCUT2D eigenvalue weighted by atomic mass is 16.5. The highest BCUT2D eigenvalue weighted by molar-refractivity contribution is 5.92. The third kappa shape index (κ3) is 2.97. The van der Waals surface area contributed by atoms with Crippen molar-refractivity contribution in [2.45, 2.75) is 59.4 Å². The third-order valence-corrected chi connectivity index (χ3v) is 4.27. The molecule has 0 atom stereocenters. The Balaban J connectivity index is 2.22. The average Bonchev–Trinajstić information content (AvgIpc) is 2.68. The first-order valence-electron chi connectivity index (χ1n) is 7.46. The second kappa shape index (κ2) is 5.85. The van der Waals surface area contributed by atoms with E-state index in [2.05, 4.69) is 11.9 Å². The fraction of sp³-hybridized carbons (Fsp3) is 0.733. The molecule has 1 aliphatic carbocycles. The maximum absolute atomic E-state index is 11.8. The van der Waals surface area contributed by atoms with Crippen molar-refractivity contribution in [3.8, 4) is 0 Å². The fourth-order valence-electron chi connectivity index (χ4n) is 3.08. The Kier molecular flexibility index (Phi) is 4.35. The molecule has 0 saturated heterocycles. The molecule has 20 heavy (non-hydrogen) atoms. The number of nitrogens with two attached hydrogens (primary N) is 1. The maximum atomic E-state index is 11.8. The van der Waals surface area contributed by atoms with Crippen LogP contribution in [-0.4, -0.2) is 22.1 Å². The molecule has 5 heteroatoms. The van der Waals surface area contributed by atoms with Gasteiger partial charge in [-0.2, -0.15) is 0 Å². The van der Waals surface area contributed by atoms with Gasteiger partial charge in [0.15, 0.2) is 5.69 Å². The summed E-state index contributed by atoms with van der Waals surface area (Å²) in [6, 6.07) is 0. The second-order valence-electron chi connectivity index (χ2n) is 6.07. The van der Waals surface area contributed by atoms with Gasteiger partial charge < -0.3 is 15.0 Å². The smallest absolute Gasteiger partial charge is 0.360 e. The summed E-state index contributed by atoms with van der Waals surface area (Å²) in [6.45, 7) is 7.14. The van der Waals surface area contributed by atoms with E-state index in [1.807, 2.05) is 11.5 Å². The van der Waals surface area contributed by atoms with Crippen LogP contribution >= 0.6 is 0 Å². The lowest BCUT2D eigenvalue weighted by Gasteiger charge is -2.34. The summed E-state index contributed by atoms with van der Waals surface area (Å²) in [5.41, 5.74) is 6.62. The normalized spacial score (nSPS) is 17.9. The number of aromatic nitrogens is 2.